The molecule has 1 atom stereocenters. The molecule has 9 nitrogen and oxygen atoms in total. The number of H-pyrrole nitrogens is 1. The van der Waals surface area contributed by atoms with Crippen LogP contribution in [0.2, 0.25) is 0 Å². The molecule has 3 rings (SSSR count). The van der Waals surface area contributed by atoms with Crippen molar-refractivity contribution in [1.82, 2.24) is 14.8 Å². The minimum atomic E-state index is -0.508. The molecule has 138 valence electrons. The number of nitrogens with one attached hydrogen (secondary N) is 1. The van der Waals surface area contributed by atoms with Crippen molar-refractivity contribution in [2.75, 3.05) is 12.4 Å². The van der Waals surface area contributed by atoms with E-state index in [9.17, 15) is 19.7 Å². The highest BCUT2D eigenvalue weighted by Gasteiger charge is 2.21. The van der Waals surface area contributed by atoms with Gasteiger partial charge in [-0.15, -0.1) is 5.10 Å². The maximum atomic E-state index is 12.4. The molecule has 0 amide bonds. The fourth-order valence-corrected chi connectivity index (χ4v) is 3.61. The van der Waals surface area contributed by atoms with Crippen molar-refractivity contribution in [2.45, 2.75) is 37.6 Å². The van der Waals surface area contributed by atoms with Gasteiger partial charge in [0.1, 0.15) is 0 Å². The van der Waals surface area contributed by atoms with Crippen LogP contribution in [0.4, 0.5) is 5.69 Å². The zero-order valence-corrected chi connectivity index (χ0v) is 15.0. The Kier molecular flexibility index (Phi) is 5.52. The molecule has 1 aromatic heterocycles. The quantitative estimate of drug-likeness (QED) is 0.338. The van der Waals surface area contributed by atoms with E-state index >= 15 is 0 Å². The molecular formula is C16H18N4O5S. The lowest BCUT2D eigenvalue weighted by Gasteiger charge is -2.10. The second kappa shape index (κ2) is 7.83. The molecule has 1 aromatic carbocycles. The van der Waals surface area contributed by atoms with Gasteiger partial charge >= 0.3 is 5.69 Å². The summed E-state index contributed by atoms with van der Waals surface area (Å²) in [6, 6.07) is 4.40. The molecule has 0 unspecified atom stereocenters. The summed E-state index contributed by atoms with van der Waals surface area (Å²) in [5.74, 6) is -0.243. The summed E-state index contributed by atoms with van der Waals surface area (Å²) < 4.78 is 7.00. The van der Waals surface area contributed by atoms with Crippen molar-refractivity contribution in [1.29, 1.82) is 0 Å². The van der Waals surface area contributed by atoms with E-state index < -0.39 is 4.92 Å². The van der Waals surface area contributed by atoms with Crippen LogP contribution in [0.15, 0.2) is 28.2 Å². The number of benzene rings is 1. The van der Waals surface area contributed by atoms with Gasteiger partial charge in [0.05, 0.1) is 23.3 Å². The molecule has 0 radical (unpaired) electrons. The Balaban J connectivity index is 1.69. The van der Waals surface area contributed by atoms with Crippen LogP contribution in [-0.2, 0) is 11.3 Å². The summed E-state index contributed by atoms with van der Waals surface area (Å²) in [5, 5.41) is 17.8. The number of hydrogen-bond donors (Lipinski definition) is 1. The van der Waals surface area contributed by atoms with Crippen LogP contribution in [0.1, 0.15) is 28.8 Å². The molecule has 1 N–H and O–H groups in total. The number of aromatic amines is 1. The summed E-state index contributed by atoms with van der Waals surface area (Å²) in [5.41, 5.74) is 0.326. The maximum absolute atomic E-state index is 12.4. The SMILES string of the molecule is Cc1ccc(C(=O)CSc2n[nH]c(=O)n2C[C@@H]2CCCO2)cc1[N+](=O)[O-]. The number of nitrogens with zero attached hydrogens (tertiary/aromatic N) is 3. The zero-order chi connectivity index (χ0) is 18.7. The molecule has 26 heavy (non-hydrogen) atoms. The van der Waals surface area contributed by atoms with Gasteiger partial charge in [0.2, 0.25) is 0 Å². The van der Waals surface area contributed by atoms with Crippen molar-refractivity contribution in [2.24, 2.45) is 0 Å². The van der Waals surface area contributed by atoms with Gasteiger partial charge in [-0.2, -0.15) is 0 Å². The van der Waals surface area contributed by atoms with Crippen LogP contribution in [0.3, 0.4) is 0 Å². The number of thioether (sulfide) groups is 1. The van der Waals surface area contributed by atoms with Crippen molar-refractivity contribution in [3.8, 4) is 0 Å². The first-order valence-electron chi connectivity index (χ1n) is 8.13. The summed E-state index contributed by atoms with van der Waals surface area (Å²) in [6.45, 7) is 2.70. The minimum Gasteiger partial charge on any atom is -0.376 e. The van der Waals surface area contributed by atoms with Gasteiger partial charge in [-0.1, -0.05) is 23.9 Å². The van der Waals surface area contributed by atoms with Gasteiger partial charge < -0.3 is 4.74 Å². The number of Topliss-reactive ketones (excluding diaryl/α,β-unsaturated/α-hetero) is 1. The summed E-state index contributed by atoms with van der Waals surface area (Å²) in [6.07, 6.45) is 1.82. The highest BCUT2D eigenvalue weighted by atomic mass is 32.2. The third-order valence-electron chi connectivity index (χ3n) is 4.19. The van der Waals surface area contributed by atoms with E-state index in [0.717, 1.165) is 24.6 Å². The highest BCUT2D eigenvalue weighted by molar-refractivity contribution is 7.99. The van der Waals surface area contributed by atoms with Gasteiger partial charge in [0.15, 0.2) is 10.9 Å². The van der Waals surface area contributed by atoms with Crippen molar-refractivity contribution < 1.29 is 14.5 Å². The van der Waals surface area contributed by atoms with Crippen LogP contribution in [-0.4, -0.2) is 43.9 Å². The Morgan fingerprint density at radius 2 is 2.35 bits per heavy atom. The molecule has 1 fully saturated rings. The van der Waals surface area contributed by atoms with E-state index in [1.807, 2.05) is 0 Å². The van der Waals surface area contributed by atoms with Crippen LogP contribution in [0.25, 0.3) is 0 Å². The number of aryl methyl sites for hydroxylation is 1. The number of ketones is 1. The minimum absolute atomic E-state index is 0.0238. The fraction of sp³-hybridized carbons (Fsp3) is 0.438. The Morgan fingerprint density at radius 1 is 1.54 bits per heavy atom. The van der Waals surface area contributed by atoms with Crippen molar-refractivity contribution in [3.63, 3.8) is 0 Å². The Hall–Kier alpha value is -2.46. The molecule has 2 aromatic rings. The number of nitro groups is 1. The van der Waals surface area contributed by atoms with Crippen LogP contribution < -0.4 is 5.69 Å². The summed E-state index contributed by atoms with van der Waals surface area (Å²) >= 11 is 1.12. The molecule has 10 heteroatoms. The Bertz CT molecular complexity index is 885. The average molecular weight is 378 g/mol. The number of carbonyl (C=O) groups excluding carboxylic acids is 1. The molecule has 2 heterocycles. The van der Waals surface area contributed by atoms with Gasteiger partial charge in [-0.05, 0) is 19.8 Å². The van der Waals surface area contributed by atoms with E-state index in [2.05, 4.69) is 10.2 Å². The molecule has 0 aliphatic carbocycles. The molecular weight excluding hydrogens is 360 g/mol. The smallest absolute Gasteiger partial charge is 0.344 e. The number of aromatic nitrogens is 3. The van der Waals surface area contributed by atoms with E-state index in [0.29, 0.717) is 23.9 Å². The third kappa shape index (κ3) is 4.02. The molecule has 1 aliphatic heterocycles. The molecule has 0 bridgehead atoms. The highest BCUT2D eigenvalue weighted by Crippen LogP contribution is 2.22. The maximum Gasteiger partial charge on any atom is 0.344 e. The zero-order valence-electron chi connectivity index (χ0n) is 14.1. The topological polar surface area (TPSA) is 120 Å². The first-order chi connectivity index (χ1) is 12.5. The molecule has 0 spiro atoms. The van der Waals surface area contributed by atoms with Crippen LogP contribution in [0, 0.1) is 17.0 Å². The normalized spacial score (nSPS) is 16.7. The number of rotatable bonds is 7. The Labute approximate surface area is 152 Å². The van der Waals surface area contributed by atoms with Gasteiger partial charge in [-0.3, -0.25) is 19.5 Å². The lowest BCUT2D eigenvalue weighted by atomic mass is 10.1. The van der Waals surface area contributed by atoms with Crippen LogP contribution in [0.5, 0.6) is 0 Å². The number of hydrogen-bond acceptors (Lipinski definition) is 7. The predicted octanol–water partition coefficient (Wildman–Crippen LogP) is 1.94. The van der Waals surface area contributed by atoms with E-state index in [1.165, 1.54) is 10.6 Å². The number of ether oxygens (including phenoxy) is 1. The molecule has 0 saturated carbocycles. The first kappa shape index (κ1) is 18.3. The van der Waals surface area contributed by atoms with E-state index in [1.54, 1.807) is 19.1 Å². The van der Waals surface area contributed by atoms with E-state index in [-0.39, 0.29) is 34.6 Å². The number of carbonyl (C=O) groups is 1. The largest absolute Gasteiger partial charge is 0.376 e. The lowest BCUT2D eigenvalue weighted by molar-refractivity contribution is -0.385. The predicted molar refractivity (Wildman–Crippen MR) is 94.7 cm³/mol. The van der Waals surface area contributed by atoms with Gasteiger partial charge in [0, 0.05) is 23.8 Å². The Morgan fingerprint density at radius 3 is 3.04 bits per heavy atom. The van der Waals surface area contributed by atoms with Crippen molar-refractivity contribution >= 4 is 23.2 Å². The first-order valence-corrected chi connectivity index (χ1v) is 9.12. The summed E-state index contributed by atoms with van der Waals surface area (Å²) in [4.78, 5) is 34.8. The standard InChI is InChI=1S/C16H18N4O5S/c1-10-4-5-11(7-13(10)20(23)24)14(21)9-26-16-18-17-15(22)19(16)8-12-3-2-6-25-12/h4-5,7,12H,2-3,6,8-9H2,1H3,(H,17,22)/t12-/m0/s1. The second-order valence-electron chi connectivity index (χ2n) is 6.03. The fourth-order valence-electron chi connectivity index (χ4n) is 2.76. The summed E-state index contributed by atoms with van der Waals surface area (Å²) in [7, 11) is 0. The average Bonchev–Trinajstić information content (AvgIpc) is 3.24. The molecule has 1 saturated heterocycles. The van der Waals surface area contributed by atoms with Crippen LogP contribution >= 0.6 is 11.8 Å². The monoisotopic (exact) mass is 378 g/mol. The van der Waals surface area contributed by atoms with Gasteiger partial charge in [0.25, 0.3) is 5.69 Å². The molecule has 1 aliphatic rings. The third-order valence-corrected chi connectivity index (χ3v) is 5.17. The second-order valence-corrected chi connectivity index (χ2v) is 6.97. The lowest BCUT2D eigenvalue weighted by Crippen LogP contribution is -2.25. The van der Waals surface area contributed by atoms with Gasteiger partial charge in [-0.25, -0.2) is 9.89 Å². The number of nitro benzene ring substituents is 1. The van der Waals surface area contributed by atoms with Crippen molar-refractivity contribution in [3.05, 3.63) is 49.9 Å². The van der Waals surface area contributed by atoms with E-state index in [4.69, 9.17) is 4.74 Å².